The molecule has 0 bridgehead atoms. The van der Waals surface area contributed by atoms with Crippen LogP contribution in [-0.4, -0.2) is 4.57 Å². The molecule has 2 aromatic heterocycles. The lowest BCUT2D eigenvalue weighted by Crippen LogP contribution is -2.10. The van der Waals surface area contributed by atoms with Crippen molar-refractivity contribution in [2.45, 2.75) is 0 Å². The van der Waals surface area contributed by atoms with Gasteiger partial charge in [0.25, 0.3) is 0 Å². The highest BCUT2D eigenvalue weighted by Gasteiger charge is 2.21. The topological polar surface area (TPSA) is 21.3 Å². The maximum absolute atomic E-state index is 6.69. The molecule has 0 saturated heterocycles. The van der Waals surface area contributed by atoms with E-state index in [0.29, 0.717) is 0 Å². The van der Waals surface area contributed by atoms with E-state index in [4.69, 9.17) is 4.42 Å². The third-order valence-corrected chi connectivity index (χ3v) is 12.2. The summed E-state index contributed by atoms with van der Waals surface area (Å²) in [6, 6.07) is 82.7. The fourth-order valence-electron chi connectivity index (χ4n) is 9.38. The van der Waals surface area contributed by atoms with E-state index in [9.17, 15) is 0 Å². The van der Waals surface area contributed by atoms with Gasteiger partial charge in [-0.05, 0) is 112 Å². The highest BCUT2D eigenvalue weighted by molar-refractivity contribution is 6.25. The zero-order valence-corrected chi connectivity index (χ0v) is 33.2. The van der Waals surface area contributed by atoms with Crippen LogP contribution in [-0.2, 0) is 0 Å². The summed E-state index contributed by atoms with van der Waals surface area (Å²) in [7, 11) is 0. The summed E-state index contributed by atoms with van der Waals surface area (Å²) in [5, 5.41) is 7.02. The zero-order valence-electron chi connectivity index (χ0n) is 33.2. The number of fused-ring (bicyclic) bond motifs is 8. The zero-order chi connectivity index (χ0) is 40.3. The molecule has 0 saturated carbocycles. The van der Waals surface area contributed by atoms with Gasteiger partial charge in [0, 0.05) is 44.0 Å². The van der Waals surface area contributed by atoms with Crippen molar-refractivity contribution in [3.8, 4) is 39.1 Å². The Kier molecular flexibility index (Phi) is 8.17. The van der Waals surface area contributed by atoms with Crippen LogP contribution in [0.4, 0.5) is 17.1 Å². The quantitative estimate of drug-likeness (QED) is 0.161. The third-order valence-electron chi connectivity index (χ3n) is 12.2. The van der Waals surface area contributed by atoms with Crippen molar-refractivity contribution in [2.24, 2.45) is 0 Å². The van der Waals surface area contributed by atoms with Crippen molar-refractivity contribution in [1.29, 1.82) is 0 Å². The molecule has 0 aliphatic rings. The summed E-state index contributed by atoms with van der Waals surface area (Å²) in [6.07, 6.45) is 0. The molecular formula is C58H38N2O. The second kappa shape index (κ2) is 14.3. The summed E-state index contributed by atoms with van der Waals surface area (Å²) in [6.45, 7) is 0. The Hall–Kier alpha value is -8.14. The number of benzene rings is 10. The number of hydrogen-bond donors (Lipinski definition) is 0. The highest BCUT2D eigenvalue weighted by atomic mass is 16.3. The second-order valence-corrected chi connectivity index (χ2v) is 15.7. The van der Waals surface area contributed by atoms with E-state index in [1.54, 1.807) is 0 Å². The molecule has 0 radical (unpaired) electrons. The molecule has 286 valence electrons. The van der Waals surface area contributed by atoms with Gasteiger partial charge >= 0.3 is 0 Å². The standard InChI is InChI=1S/C58H38N2O/c1-4-14-39(15-5-1)40-26-28-41(29-27-40)42-30-33-46(34-31-42)59(44-16-6-2-7-17-44)52-24-12-22-51-50(52)36-37-56-58(51)57-47(21-13-25-55(57)61-56)43-32-35-49-48-20-10-11-23-53(48)60(54(49)38-43)45-18-8-3-9-19-45/h1-38H. The molecule has 0 N–H and O–H groups in total. The average molecular weight is 779 g/mol. The van der Waals surface area contributed by atoms with Crippen LogP contribution in [0.15, 0.2) is 235 Å². The first-order chi connectivity index (χ1) is 30.3. The maximum Gasteiger partial charge on any atom is 0.136 e. The molecule has 10 aromatic carbocycles. The van der Waals surface area contributed by atoms with Gasteiger partial charge in [-0.3, -0.25) is 0 Å². The van der Waals surface area contributed by atoms with E-state index in [0.717, 1.165) is 66.6 Å². The van der Waals surface area contributed by atoms with Gasteiger partial charge in [0.1, 0.15) is 11.2 Å². The van der Waals surface area contributed by atoms with Crippen molar-refractivity contribution in [3.63, 3.8) is 0 Å². The number of hydrogen-bond acceptors (Lipinski definition) is 2. The lowest BCUT2D eigenvalue weighted by molar-refractivity contribution is 0.669. The van der Waals surface area contributed by atoms with Crippen molar-refractivity contribution in [3.05, 3.63) is 231 Å². The minimum absolute atomic E-state index is 0.875. The minimum Gasteiger partial charge on any atom is -0.456 e. The van der Waals surface area contributed by atoms with Gasteiger partial charge in [-0.25, -0.2) is 0 Å². The Morgan fingerprint density at radius 1 is 0.328 bits per heavy atom. The number of rotatable bonds is 7. The Balaban J connectivity index is 1.00. The van der Waals surface area contributed by atoms with E-state index in [2.05, 4.69) is 240 Å². The molecule has 0 atom stereocenters. The second-order valence-electron chi connectivity index (χ2n) is 15.7. The van der Waals surface area contributed by atoms with Crippen LogP contribution in [0.25, 0.3) is 93.6 Å². The lowest BCUT2D eigenvalue weighted by Gasteiger charge is -2.27. The summed E-state index contributed by atoms with van der Waals surface area (Å²) < 4.78 is 9.07. The van der Waals surface area contributed by atoms with Gasteiger partial charge in [0.2, 0.25) is 0 Å². The van der Waals surface area contributed by atoms with Gasteiger partial charge in [-0.1, -0.05) is 158 Å². The molecule has 0 fully saturated rings. The fourth-order valence-corrected chi connectivity index (χ4v) is 9.38. The van der Waals surface area contributed by atoms with Gasteiger partial charge in [-0.2, -0.15) is 0 Å². The molecule has 0 aliphatic carbocycles. The number of aromatic nitrogens is 1. The Morgan fingerprint density at radius 2 is 0.869 bits per heavy atom. The van der Waals surface area contributed by atoms with Crippen LogP contribution in [0, 0.1) is 0 Å². The Labute approximate surface area is 353 Å². The number of nitrogens with zero attached hydrogens (tertiary/aromatic N) is 2. The van der Waals surface area contributed by atoms with Crippen LogP contribution >= 0.6 is 0 Å². The molecule has 3 heteroatoms. The van der Waals surface area contributed by atoms with Crippen LogP contribution in [0.3, 0.4) is 0 Å². The van der Waals surface area contributed by atoms with E-state index in [1.807, 2.05) is 0 Å². The molecule has 2 heterocycles. The molecule has 0 amide bonds. The molecule has 12 rings (SSSR count). The monoisotopic (exact) mass is 778 g/mol. The summed E-state index contributed by atoms with van der Waals surface area (Å²) >= 11 is 0. The SMILES string of the molecule is c1ccc(-c2ccc(-c3ccc(N(c4ccccc4)c4cccc5c4ccc4oc6cccc(-c7ccc8c9ccccc9n(-c9ccccc9)c8c7)c6c45)cc3)cc2)cc1. The molecule has 12 aromatic rings. The predicted molar refractivity (Wildman–Crippen MR) is 257 cm³/mol. The average Bonchev–Trinajstić information content (AvgIpc) is 3.89. The lowest BCUT2D eigenvalue weighted by atomic mass is 9.95. The molecular weight excluding hydrogens is 741 g/mol. The Bertz CT molecular complexity index is 3550. The number of anilines is 3. The van der Waals surface area contributed by atoms with Gasteiger partial charge < -0.3 is 13.9 Å². The molecule has 0 aliphatic heterocycles. The van der Waals surface area contributed by atoms with Crippen LogP contribution in [0.2, 0.25) is 0 Å². The van der Waals surface area contributed by atoms with Gasteiger partial charge in [0.15, 0.2) is 0 Å². The van der Waals surface area contributed by atoms with E-state index >= 15 is 0 Å². The van der Waals surface area contributed by atoms with Crippen molar-refractivity contribution < 1.29 is 4.42 Å². The van der Waals surface area contributed by atoms with Crippen molar-refractivity contribution >= 4 is 71.6 Å². The normalized spacial score (nSPS) is 11.6. The summed E-state index contributed by atoms with van der Waals surface area (Å²) in [5.74, 6) is 0. The fraction of sp³-hybridized carbons (Fsp3) is 0. The first-order valence-corrected chi connectivity index (χ1v) is 20.8. The molecule has 0 spiro atoms. The Morgan fingerprint density at radius 3 is 1.62 bits per heavy atom. The van der Waals surface area contributed by atoms with Crippen molar-refractivity contribution in [1.82, 2.24) is 4.57 Å². The number of furan rings is 1. The minimum atomic E-state index is 0.875. The van der Waals surface area contributed by atoms with Crippen LogP contribution < -0.4 is 4.90 Å². The van der Waals surface area contributed by atoms with E-state index < -0.39 is 0 Å². The smallest absolute Gasteiger partial charge is 0.136 e. The van der Waals surface area contributed by atoms with Gasteiger partial charge in [-0.15, -0.1) is 0 Å². The molecule has 0 unspecified atom stereocenters. The van der Waals surface area contributed by atoms with Gasteiger partial charge in [0.05, 0.1) is 16.7 Å². The number of para-hydroxylation sites is 3. The predicted octanol–water partition coefficient (Wildman–Crippen LogP) is 16.3. The maximum atomic E-state index is 6.69. The largest absolute Gasteiger partial charge is 0.456 e. The van der Waals surface area contributed by atoms with Crippen LogP contribution in [0.1, 0.15) is 0 Å². The molecule has 3 nitrogen and oxygen atoms in total. The third kappa shape index (κ3) is 5.82. The first-order valence-electron chi connectivity index (χ1n) is 20.8. The first kappa shape index (κ1) is 34.9. The van der Waals surface area contributed by atoms with E-state index in [1.165, 1.54) is 44.1 Å². The summed E-state index contributed by atoms with van der Waals surface area (Å²) in [5.41, 5.74) is 15.6. The van der Waals surface area contributed by atoms with Crippen LogP contribution in [0.5, 0.6) is 0 Å². The summed E-state index contributed by atoms with van der Waals surface area (Å²) in [4.78, 5) is 2.37. The van der Waals surface area contributed by atoms with E-state index in [-0.39, 0.29) is 0 Å². The molecule has 61 heavy (non-hydrogen) atoms. The highest BCUT2D eigenvalue weighted by Crippen LogP contribution is 2.46. The van der Waals surface area contributed by atoms with Crippen molar-refractivity contribution in [2.75, 3.05) is 4.90 Å².